The highest BCUT2D eigenvalue weighted by Crippen LogP contribution is 2.11. The van der Waals surface area contributed by atoms with Crippen molar-refractivity contribution in [2.24, 2.45) is 5.73 Å². The van der Waals surface area contributed by atoms with Crippen LogP contribution in [-0.4, -0.2) is 41.6 Å². The van der Waals surface area contributed by atoms with E-state index in [1.54, 1.807) is 26.2 Å². The second kappa shape index (κ2) is 6.81. The van der Waals surface area contributed by atoms with Crippen LogP contribution in [0.15, 0.2) is 42.5 Å². The van der Waals surface area contributed by atoms with Gasteiger partial charge in [0, 0.05) is 26.7 Å². The zero-order chi connectivity index (χ0) is 15.2. The number of hydrogen-bond donors (Lipinski definition) is 2. The first kappa shape index (κ1) is 14.9. The third-order valence-electron chi connectivity index (χ3n) is 3.02. The van der Waals surface area contributed by atoms with E-state index >= 15 is 0 Å². The summed E-state index contributed by atoms with van der Waals surface area (Å²) in [7, 11) is 3.35. The lowest BCUT2D eigenvalue weighted by atomic mass is 10.1. The van der Waals surface area contributed by atoms with Crippen molar-refractivity contribution >= 4 is 11.7 Å². The van der Waals surface area contributed by atoms with Crippen LogP contribution in [0.1, 0.15) is 22.1 Å². The minimum atomic E-state index is -0.171. The highest BCUT2D eigenvalue weighted by Gasteiger charge is 2.10. The molecule has 0 saturated heterocycles. The summed E-state index contributed by atoms with van der Waals surface area (Å²) in [6.45, 7) is 0.541. The maximum atomic E-state index is 11.7. The lowest BCUT2D eigenvalue weighted by Crippen LogP contribution is -2.24. The molecule has 6 heteroatoms. The molecule has 0 radical (unpaired) electrons. The molecule has 1 atom stereocenters. The highest BCUT2D eigenvalue weighted by molar-refractivity contribution is 5.91. The molecule has 2 aromatic rings. The SMILES string of the molecule is CN(C)C(=O)c1ccc(NCC(N)c2ccccc2)nn1. The molecule has 0 aliphatic heterocycles. The average molecular weight is 285 g/mol. The minimum Gasteiger partial charge on any atom is -0.367 e. The van der Waals surface area contributed by atoms with Gasteiger partial charge in [0.05, 0.1) is 0 Å². The Labute approximate surface area is 124 Å². The molecule has 1 aromatic heterocycles. The largest absolute Gasteiger partial charge is 0.367 e. The van der Waals surface area contributed by atoms with Crippen molar-refractivity contribution in [1.29, 1.82) is 0 Å². The molecule has 0 fully saturated rings. The third kappa shape index (κ3) is 4.00. The van der Waals surface area contributed by atoms with Crippen LogP contribution in [0.4, 0.5) is 5.82 Å². The predicted molar refractivity (Wildman–Crippen MR) is 81.9 cm³/mol. The Morgan fingerprint density at radius 2 is 1.90 bits per heavy atom. The van der Waals surface area contributed by atoms with Gasteiger partial charge in [-0.1, -0.05) is 30.3 Å². The van der Waals surface area contributed by atoms with Crippen molar-refractivity contribution in [3.8, 4) is 0 Å². The molecular formula is C15H19N5O. The quantitative estimate of drug-likeness (QED) is 0.865. The lowest BCUT2D eigenvalue weighted by Gasteiger charge is -2.13. The second-order valence-corrected chi connectivity index (χ2v) is 4.90. The molecule has 1 amide bonds. The molecule has 110 valence electrons. The summed E-state index contributed by atoms with van der Waals surface area (Å²) in [5.41, 5.74) is 7.46. The van der Waals surface area contributed by atoms with E-state index in [2.05, 4.69) is 15.5 Å². The fourth-order valence-corrected chi connectivity index (χ4v) is 1.80. The van der Waals surface area contributed by atoms with E-state index in [1.165, 1.54) is 4.90 Å². The van der Waals surface area contributed by atoms with E-state index in [9.17, 15) is 4.79 Å². The number of carbonyl (C=O) groups is 1. The molecule has 0 aliphatic rings. The smallest absolute Gasteiger partial charge is 0.273 e. The Kier molecular flexibility index (Phi) is 4.84. The van der Waals surface area contributed by atoms with Gasteiger partial charge in [-0.3, -0.25) is 4.79 Å². The van der Waals surface area contributed by atoms with Crippen LogP contribution in [-0.2, 0) is 0 Å². The van der Waals surface area contributed by atoms with Crippen molar-refractivity contribution in [1.82, 2.24) is 15.1 Å². The lowest BCUT2D eigenvalue weighted by molar-refractivity contribution is 0.0821. The van der Waals surface area contributed by atoms with Gasteiger partial charge in [-0.15, -0.1) is 10.2 Å². The van der Waals surface area contributed by atoms with Gasteiger partial charge >= 0.3 is 0 Å². The monoisotopic (exact) mass is 285 g/mol. The molecule has 1 aromatic carbocycles. The maximum absolute atomic E-state index is 11.7. The third-order valence-corrected chi connectivity index (χ3v) is 3.02. The first-order valence-electron chi connectivity index (χ1n) is 6.67. The van der Waals surface area contributed by atoms with E-state index in [0.717, 1.165) is 5.56 Å². The standard InChI is InChI=1S/C15H19N5O/c1-20(2)15(21)13-8-9-14(19-18-13)17-10-12(16)11-6-4-3-5-7-11/h3-9,12H,10,16H2,1-2H3,(H,17,19). The van der Waals surface area contributed by atoms with Gasteiger partial charge in [-0.2, -0.15) is 0 Å². The molecule has 0 saturated carbocycles. The van der Waals surface area contributed by atoms with Crippen LogP contribution in [0.2, 0.25) is 0 Å². The number of rotatable bonds is 5. The Hall–Kier alpha value is -2.47. The van der Waals surface area contributed by atoms with Crippen LogP contribution >= 0.6 is 0 Å². The number of carbonyl (C=O) groups excluding carboxylic acids is 1. The summed E-state index contributed by atoms with van der Waals surface area (Å²) in [5, 5.41) is 11.0. The first-order chi connectivity index (χ1) is 10.1. The molecule has 6 nitrogen and oxygen atoms in total. The van der Waals surface area contributed by atoms with Crippen LogP contribution in [0.25, 0.3) is 0 Å². The Bertz CT molecular complexity index is 583. The van der Waals surface area contributed by atoms with Gasteiger partial charge in [0.15, 0.2) is 5.69 Å². The van der Waals surface area contributed by atoms with E-state index < -0.39 is 0 Å². The Balaban J connectivity index is 1.94. The molecule has 1 unspecified atom stereocenters. The first-order valence-corrected chi connectivity index (χ1v) is 6.67. The van der Waals surface area contributed by atoms with Gasteiger partial charge in [0.25, 0.3) is 5.91 Å². The summed E-state index contributed by atoms with van der Waals surface area (Å²) in [6.07, 6.45) is 0. The van der Waals surface area contributed by atoms with Gasteiger partial charge in [0.2, 0.25) is 0 Å². The van der Waals surface area contributed by atoms with Gasteiger partial charge < -0.3 is 16.0 Å². The van der Waals surface area contributed by atoms with Gasteiger partial charge in [0.1, 0.15) is 5.82 Å². The fraction of sp³-hybridized carbons (Fsp3) is 0.267. The topological polar surface area (TPSA) is 84.1 Å². The predicted octanol–water partition coefficient (Wildman–Crippen LogP) is 1.29. The van der Waals surface area contributed by atoms with Crippen LogP contribution in [0, 0.1) is 0 Å². The molecule has 0 aliphatic carbocycles. The van der Waals surface area contributed by atoms with Crippen molar-refractivity contribution in [3.63, 3.8) is 0 Å². The number of aromatic nitrogens is 2. The number of anilines is 1. The van der Waals surface area contributed by atoms with Crippen molar-refractivity contribution in [2.75, 3.05) is 26.0 Å². The molecule has 3 N–H and O–H groups in total. The van der Waals surface area contributed by atoms with Crippen molar-refractivity contribution < 1.29 is 4.79 Å². The number of benzene rings is 1. The summed E-state index contributed by atoms with van der Waals surface area (Å²) < 4.78 is 0. The Morgan fingerprint density at radius 3 is 2.48 bits per heavy atom. The van der Waals surface area contributed by atoms with Crippen LogP contribution in [0.3, 0.4) is 0 Å². The molecule has 2 rings (SSSR count). The summed E-state index contributed by atoms with van der Waals surface area (Å²) in [5.74, 6) is 0.423. The Morgan fingerprint density at radius 1 is 1.19 bits per heavy atom. The molecule has 1 heterocycles. The zero-order valence-corrected chi connectivity index (χ0v) is 12.2. The summed E-state index contributed by atoms with van der Waals surface area (Å²) in [4.78, 5) is 13.2. The zero-order valence-electron chi connectivity index (χ0n) is 12.2. The highest BCUT2D eigenvalue weighted by atomic mass is 16.2. The number of amides is 1. The molecule has 0 bridgehead atoms. The number of nitrogens with zero attached hydrogens (tertiary/aromatic N) is 3. The van der Waals surface area contributed by atoms with Crippen LogP contribution < -0.4 is 11.1 Å². The molecule has 21 heavy (non-hydrogen) atoms. The minimum absolute atomic E-state index is 0.129. The normalized spacial score (nSPS) is 11.8. The van der Waals surface area contributed by atoms with Crippen molar-refractivity contribution in [2.45, 2.75) is 6.04 Å². The fourth-order valence-electron chi connectivity index (χ4n) is 1.80. The van der Waals surface area contributed by atoms with E-state index in [4.69, 9.17) is 5.73 Å². The van der Waals surface area contributed by atoms with Gasteiger partial charge in [-0.05, 0) is 17.7 Å². The van der Waals surface area contributed by atoms with E-state index in [-0.39, 0.29) is 11.9 Å². The van der Waals surface area contributed by atoms with E-state index in [1.807, 2.05) is 30.3 Å². The second-order valence-electron chi connectivity index (χ2n) is 4.90. The average Bonchev–Trinajstić information content (AvgIpc) is 2.53. The number of hydrogen-bond acceptors (Lipinski definition) is 5. The van der Waals surface area contributed by atoms with Gasteiger partial charge in [-0.25, -0.2) is 0 Å². The number of nitrogens with one attached hydrogen (secondary N) is 1. The molecular weight excluding hydrogens is 266 g/mol. The van der Waals surface area contributed by atoms with E-state index in [0.29, 0.717) is 18.1 Å². The maximum Gasteiger partial charge on any atom is 0.273 e. The van der Waals surface area contributed by atoms with Crippen LogP contribution in [0.5, 0.6) is 0 Å². The molecule has 0 spiro atoms. The number of nitrogens with two attached hydrogens (primary N) is 1. The summed E-state index contributed by atoms with van der Waals surface area (Å²) >= 11 is 0. The van der Waals surface area contributed by atoms with Crippen molar-refractivity contribution in [3.05, 3.63) is 53.7 Å². The summed E-state index contributed by atoms with van der Waals surface area (Å²) in [6, 6.07) is 13.1.